The predicted octanol–water partition coefficient (Wildman–Crippen LogP) is 8.96. The first kappa shape index (κ1) is 39.3. The van der Waals surface area contributed by atoms with Crippen molar-refractivity contribution in [1.29, 1.82) is 0 Å². The van der Waals surface area contributed by atoms with Crippen LogP contribution >= 0.6 is 70.5 Å². The average molecular weight is 977 g/mol. The van der Waals surface area contributed by atoms with E-state index in [2.05, 4.69) is 121 Å². The molecule has 0 aliphatic carbocycles. The van der Waals surface area contributed by atoms with Crippen molar-refractivity contribution >= 4 is 108 Å². The van der Waals surface area contributed by atoms with Crippen LogP contribution in [-0.4, -0.2) is 22.3 Å². The second-order valence-electron chi connectivity index (χ2n) is 6.77. The van der Waals surface area contributed by atoms with Crippen molar-refractivity contribution in [2.45, 2.75) is 0 Å². The molecule has 0 unspecified atom stereocenters. The molecule has 0 nitrogen and oxygen atoms in total. The molecule has 4 aromatic carbocycles. The molecule has 0 aliphatic heterocycles. The van der Waals surface area contributed by atoms with Gasteiger partial charge in [0.15, 0.2) is 0 Å². The smallest absolute Gasteiger partial charge is 0.00405 e. The minimum atomic E-state index is -2.13. The van der Waals surface area contributed by atoms with Crippen LogP contribution in [0.3, 0.4) is 0 Å². The summed E-state index contributed by atoms with van der Waals surface area (Å²) in [4.78, 5) is 0. The van der Waals surface area contributed by atoms with E-state index in [4.69, 9.17) is 54.7 Å². The van der Waals surface area contributed by atoms with Crippen LogP contribution in [0.1, 0.15) is 0 Å². The Bertz CT molecular complexity index is 904. The summed E-state index contributed by atoms with van der Waals surface area (Å²) < 4.78 is 0. The molecular formula is C25H22Cl6P2Pd2SnTi. The fourth-order valence-corrected chi connectivity index (χ4v) is 9.67. The van der Waals surface area contributed by atoms with Gasteiger partial charge in [-0.1, -0.05) is 121 Å². The largest absolute Gasteiger partial charge is 0.0622 e. The maximum atomic E-state index is 5.00. The predicted molar refractivity (Wildman–Crippen MR) is 164 cm³/mol. The molecule has 0 atom stereocenters. The maximum absolute atomic E-state index is 5.00. The van der Waals surface area contributed by atoms with E-state index in [1.54, 1.807) is 0 Å². The van der Waals surface area contributed by atoms with Gasteiger partial charge in [0.1, 0.15) is 0 Å². The van der Waals surface area contributed by atoms with Crippen LogP contribution in [0, 0.1) is 0 Å². The molecule has 0 bridgehead atoms. The quantitative estimate of drug-likeness (QED) is 0.134. The Labute approximate surface area is 286 Å². The number of halogens is 6. The molecule has 1 radical (unpaired) electrons. The van der Waals surface area contributed by atoms with Gasteiger partial charge < -0.3 is 0 Å². The van der Waals surface area contributed by atoms with Gasteiger partial charge in [-0.2, -0.15) is 0 Å². The molecule has 0 aromatic heterocycles. The number of benzene rings is 4. The second-order valence-corrected chi connectivity index (χ2v) is 32.1. The molecule has 0 aliphatic rings. The van der Waals surface area contributed by atoms with Gasteiger partial charge in [0, 0.05) is 46.7 Å². The Kier molecular flexibility index (Phi) is 25.3. The molecule has 0 saturated heterocycles. The molecule has 0 spiro atoms. The molecule has 12 heteroatoms. The third-order valence-electron chi connectivity index (χ3n) is 4.55. The third kappa shape index (κ3) is 17.1. The minimum absolute atomic E-state index is 0. The van der Waals surface area contributed by atoms with Gasteiger partial charge in [0.25, 0.3) is 0 Å². The van der Waals surface area contributed by atoms with Gasteiger partial charge >= 0.3 is 85.7 Å². The molecule has 0 heterocycles. The van der Waals surface area contributed by atoms with Gasteiger partial charge in [-0.05, 0) is 37.1 Å². The molecule has 202 valence electrons. The van der Waals surface area contributed by atoms with Gasteiger partial charge in [-0.3, -0.25) is 0 Å². The van der Waals surface area contributed by atoms with Crippen LogP contribution in [0.2, 0.25) is 0 Å². The van der Waals surface area contributed by atoms with E-state index in [9.17, 15) is 0 Å². The minimum Gasteiger partial charge on any atom is -0.0622 e. The molecule has 0 amide bonds. The van der Waals surface area contributed by atoms with E-state index in [0.29, 0.717) is 0 Å². The molecule has 0 N–H and O–H groups in total. The van der Waals surface area contributed by atoms with Crippen molar-refractivity contribution in [2.75, 3.05) is 5.90 Å². The zero-order valence-electron chi connectivity index (χ0n) is 19.0. The molecule has 4 rings (SSSR count). The SMILES string of the molecule is [Cl][Sn]([Cl])[Cl].[Cl][Ti]([Cl])[Cl].[Pd].[Pd].c1ccc(P(CP(c2ccccc2)c2ccccc2)c2ccccc2)cc1. The summed E-state index contributed by atoms with van der Waals surface area (Å²) in [6.07, 6.45) is 0. The van der Waals surface area contributed by atoms with Crippen LogP contribution in [0.15, 0.2) is 121 Å². The van der Waals surface area contributed by atoms with Crippen LogP contribution < -0.4 is 21.2 Å². The zero-order chi connectivity index (χ0) is 25.5. The number of rotatable bonds is 6. The number of hydrogen-bond acceptors (Lipinski definition) is 0. The van der Waals surface area contributed by atoms with E-state index < -0.39 is 46.9 Å². The van der Waals surface area contributed by atoms with Crippen molar-refractivity contribution < 1.29 is 55.5 Å². The van der Waals surface area contributed by atoms with Crippen molar-refractivity contribution in [3.8, 4) is 0 Å². The van der Waals surface area contributed by atoms with E-state index in [0.717, 1.165) is 0 Å². The molecule has 37 heavy (non-hydrogen) atoms. The average Bonchev–Trinajstić information content (AvgIpc) is 2.86. The Morgan fingerprint density at radius 1 is 0.459 bits per heavy atom. The van der Waals surface area contributed by atoms with Crippen LogP contribution in [0.5, 0.6) is 0 Å². The standard InChI is InChI=1S/C25H22P2.6ClH.2Pd.Sn.Ti/c1-5-13-22(14-6-1)26(23-15-7-2-8-16-23)21-27(24-17-9-3-10-18-24)25-19-11-4-12-20-25;;;;;;;;;;/h1-20H,21H2;6*1H;;;;/q;;;;;;;;;2*+3/p-6. The van der Waals surface area contributed by atoms with Gasteiger partial charge in [0.05, 0.1) is 0 Å². The first-order valence-corrected chi connectivity index (χ1v) is 30.6. The first-order chi connectivity index (χ1) is 16.9. The van der Waals surface area contributed by atoms with Gasteiger partial charge in [-0.15, -0.1) is 0 Å². The van der Waals surface area contributed by atoms with E-state index >= 15 is 0 Å². The third-order valence-corrected chi connectivity index (χ3v) is 10.5. The van der Waals surface area contributed by atoms with E-state index in [1.165, 1.54) is 27.1 Å². The van der Waals surface area contributed by atoms with Gasteiger partial charge in [-0.25, -0.2) is 0 Å². The van der Waals surface area contributed by atoms with E-state index in [-0.39, 0.29) is 40.8 Å². The Morgan fingerprint density at radius 2 is 0.622 bits per heavy atom. The first-order valence-electron chi connectivity index (χ1n) is 10.3. The van der Waals surface area contributed by atoms with Crippen molar-refractivity contribution in [3.63, 3.8) is 0 Å². The zero-order valence-corrected chi connectivity index (χ0v) is 32.9. The summed E-state index contributed by atoms with van der Waals surface area (Å²) in [5.74, 6) is 1.17. The summed E-state index contributed by atoms with van der Waals surface area (Å²) in [6.45, 7) is 0. The van der Waals surface area contributed by atoms with Crippen molar-refractivity contribution in [2.24, 2.45) is 0 Å². The summed E-state index contributed by atoms with van der Waals surface area (Å²) in [6, 6.07) is 44.1. The summed E-state index contributed by atoms with van der Waals surface area (Å²) in [7, 11) is 29.1. The Balaban J connectivity index is 0.00000115. The fraction of sp³-hybridized carbons (Fsp3) is 0.0400. The molecule has 0 saturated carbocycles. The fourth-order valence-electron chi connectivity index (χ4n) is 3.20. The normalized spacial score (nSPS) is 9.76. The van der Waals surface area contributed by atoms with Crippen molar-refractivity contribution in [3.05, 3.63) is 121 Å². The molecular weight excluding hydrogens is 954 g/mol. The summed E-state index contributed by atoms with van der Waals surface area (Å²) in [5, 5.41) is 5.83. The molecule has 0 fully saturated rings. The van der Waals surface area contributed by atoms with Gasteiger partial charge in [0.2, 0.25) is 0 Å². The topological polar surface area (TPSA) is 0 Å². The summed E-state index contributed by atoms with van der Waals surface area (Å²) in [5.41, 5.74) is 0. The summed E-state index contributed by atoms with van der Waals surface area (Å²) >= 11 is -4.04. The van der Waals surface area contributed by atoms with E-state index in [1.807, 2.05) is 0 Å². The molecule has 4 aromatic rings. The maximum Gasteiger partial charge on any atom is 0.00405 e. The van der Waals surface area contributed by atoms with Crippen LogP contribution in [0.4, 0.5) is 0 Å². The van der Waals surface area contributed by atoms with Crippen molar-refractivity contribution in [1.82, 2.24) is 0 Å². The second kappa shape index (κ2) is 23.8. The van der Waals surface area contributed by atoms with Crippen LogP contribution in [0.25, 0.3) is 0 Å². The van der Waals surface area contributed by atoms with Crippen LogP contribution in [-0.2, 0) is 55.5 Å². The Morgan fingerprint density at radius 3 is 0.784 bits per heavy atom. The number of hydrogen-bond donors (Lipinski definition) is 0. The Hall–Kier alpha value is 2.32. The monoisotopic (exact) mass is 974 g/mol.